The molecule has 0 heterocycles. The molecule has 21 heavy (non-hydrogen) atoms. The van der Waals surface area contributed by atoms with Crippen LogP contribution in [0.1, 0.15) is 37.7 Å². The van der Waals surface area contributed by atoms with Crippen molar-refractivity contribution < 1.29 is 14.3 Å². The number of carbonyl (C=O) groups excluding carboxylic acids is 2. The standard InChI is InChI=1S/C16H24N2O3/c1-2-3-9-21-16(20)10-14(11-18-12-15(17)19)13-7-5-4-6-8-13/h4-8,14,18H,2-3,9-12H2,1H3,(H2,17,19)/t14-/m0/s1. The van der Waals surface area contributed by atoms with Gasteiger partial charge < -0.3 is 15.8 Å². The smallest absolute Gasteiger partial charge is 0.306 e. The Morgan fingerprint density at radius 3 is 2.62 bits per heavy atom. The van der Waals surface area contributed by atoms with E-state index in [1.165, 1.54) is 0 Å². The molecule has 0 aliphatic rings. The molecule has 0 saturated heterocycles. The molecule has 1 aromatic rings. The summed E-state index contributed by atoms with van der Waals surface area (Å²) in [6.07, 6.45) is 2.16. The van der Waals surface area contributed by atoms with Crippen LogP contribution in [0.2, 0.25) is 0 Å². The van der Waals surface area contributed by atoms with E-state index in [1.807, 2.05) is 37.3 Å². The van der Waals surface area contributed by atoms with Crippen LogP contribution in [0.5, 0.6) is 0 Å². The highest BCUT2D eigenvalue weighted by Gasteiger charge is 2.17. The predicted octanol–water partition coefficient (Wildman–Crippen LogP) is 1.58. The van der Waals surface area contributed by atoms with Crippen molar-refractivity contribution in [3.8, 4) is 0 Å². The van der Waals surface area contributed by atoms with Crippen molar-refractivity contribution >= 4 is 11.9 Å². The summed E-state index contributed by atoms with van der Waals surface area (Å²) in [6.45, 7) is 3.13. The van der Waals surface area contributed by atoms with E-state index >= 15 is 0 Å². The van der Waals surface area contributed by atoms with Crippen molar-refractivity contribution in [1.29, 1.82) is 0 Å². The Bertz CT molecular complexity index is 434. The zero-order valence-electron chi connectivity index (χ0n) is 12.5. The normalized spacial score (nSPS) is 11.9. The van der Waals surface area contributed by atoms with Crippen LogP contribution in [0, 0.1) is 0 Å². The van der Waals surface area contributed by atoms with E-state index in [9.17, 15) is 9.59 Å². The lowest BCUT2D eigenvalue weighted by atomic mass is 9.95. The van der Waals surface area contributed by atoms with Crippen molar-refractivity contribution in [3.63, 3.8) is 0 Å². The quantitative estimate of drug-likeness (QED) is 0.507. The summed E-state index contributed by atoms with van der Waals surface area (Å²) >= 11 is 0. The fourth-order valence-corrected chi connectivity index (χ4v) is 1.99. The Morgan fingerprint density at radius 2 is 2.00 bits per heavy atom. The van der Waals surface area contributed by atoms with Gasteiger partial charge in [0.15, 0.2) is 0 Å². The number of nitrogens with two attached hydrogens (primary N) is 1. The molecular weight excluding hydrogens is 268 g/mol. The van der Waals surface area contributed by atoms with Crippen LogP contribution in [0.3, 0.4) is 0 Å². The lowest BCUT2D eigenvalue weighted by molar-refractivity contribution is -0.144. The molecule has 1 rings (SSSR count). The summed E-state index contributed by atoms with van der Waals surface area (Å²) in [5.41, 5.74) is 6.15. The number of primary amides is 1. The molecule has 0 saturated carbocycles. The van der Waals surface area contributed by atoms with Crippen LogP contribution < -0.4 is 11.1 Å². The number of carbonyl (C=O) groups is 2. The number of nitrogens with one attached hydrogen (secondary N) is 1. The van der Waals surface area contributed by atoms with Crippen LogP contribution in [0.15, 0.2) is 30.3 Å². The largest absolute Gasteiger partial charge is 0.466 e. The third-order valence-corrected chi connectivity index (χ3v) is 3.13. The van der Waals surface area contributed by atoms with Crippen molar-refractivity contribution in [1.82, 2.24) is 5.32 Å². The number of unbranched alkanes of at least 4 members (excludes halogenated alkanes) is 1. The van der Waals surface area contributed by atoms with Crippen molar-refractivity contribution in [2.75, 3.05) is 19.7 Å². The minimum Gasteiger partial charge on any atom is -0.466 e. The lowest BCUT2D eigenvalue weighted by Gasteiger charge is -2.17. The van der Waals surface area contributed by atoms with Gasteiger partial charge in [0.1, 0.15) is 0 Å². The number of esters is 1. The highest BCUT2D eigenvalue weighted by atomic mass is 16.5. The molecular formula is C16H24N2O3. The maximum Gasteiger partial charge on any atom is 0.306 e. The van der Waals surface area contributed by atoms with Gasteiger partial charge in [0, 0.05) is 12.5 Å². The van der Waals surface area contributed by atoms with Gasteiger partial charge in [-0.05, 0) is 12.0 Å². The van der Waals surface area contributed by atoms with Crippen molar-refractivity contribution in [2.24, 2.45) is 5.73 Å². The molecule has 0 bridgehead atoms. The van der Waals surface area contributed by atoms with Crippen LogP contribution in [-0.2, 0) is 14.3 Å². The van der Waals surface area contributed by atoms with Gasteiger partial charge in [-0.15, -0.1) is 0 Å². The fraction of sp³-hybridized carbons (Fsp3) is 0.500. The number of ether oxygens (including phenoxy) is 1. The number of rotatable bonds is 10. The molecule has 116 valence electrons. The van der Waals surface area contributed by atoms with E-state index in [0.717, 1.165) is 18.4 Å². The zero-order chi connectivity index (χ0) is 15.5. The Morgan fingerprint density at radius 1 is 1.29 bits per heavy atom. The monoisotopic (exact) mass is 292 g/mol. The van der Waals surface area contributed by atoms with Gasteiger partial charge >= 0.3 is 5.97 Å². The average molecular weight is 292 g/mol. The Hall–Kier alpha value is -1.88. The maximum absolute atomic E-state index is 11.9. The molecule has 3 N–H and O–H groups in total. The summed E-state index contributed by atoms with van der Waals surface area (Å²) < 4.78 is 5.20. The highest BCUT2D eigenvalue weighted by Crippen LogP contribution is 2.19. The first-order chi connectivity index (χ1) is 10.1. The highest BCUT2D eigenvalue weighted by molar-refractivity contribution is 5.76. The Kier molecular flexibility index (Phi) is 8.12. The molecule has 0 aliphatic heterocycles. The predicted molar refractivity (Wildman–Crippen MR) is 81.7 cm³/mol. The second kappa shape index (κ2) is 9.94. The number of hydrogen-bond donors (Lipinski definition) is 2. The second-order valence-corrected chi connectivity index (χ2v) is 4.98. The molecule has 5 nitrogen and oxygen atoms in total. The molecule has 0 aliphatic carbocycles. The van der Waals surface area contributed by atoms with E-state index in [-0.39, 0.29) is 18.4 Å². The number of benzene rings is 1. The maximum atomic E-state index is 11.9. The minimum atomic E-state index is -0.410. The van der Waals surface area contributed by atoms with Gasteiger partial charge in [0.2, 0.25) is 5.91 Å². The van der Waals surface area contributed by atoms with Crippen molar-refractivity contribution in [2.45, 2.75) is 32.1 Å². The number of amides is 1. The molecule has 5 heteroatoms. The average Bonchev–Trinajstić information content (AvgIpc) is 2.47. The molecule has 0 spiro atoms. The fourth-order valence-electron chi connectivity index (χ4n) is 1.99. The van der Waals surface area contributed by atoms with Gasteiger partial charge in [-0.2, -0.15) is 0 Å². The molecule has 0 fully saturated rings. The van der Waals surface area contributed by atoms with Gasteiger partial charge in [-0.25, -0.2) is 0 Å². The van der Waals surface area contributed by atoms with Crippen LogP contribution >= 0.6 is 0 Å². The molecule has 1 atom stereocenters. The first-order valence-electron chi connectivity index (χ1n) is 7.33. The zero-order valence-corrected chi connectivity index (χ0v) is 12.5. The Labute approximate surface area is 125 Å². The van der Waals surface area contributed by atoms with E-state index < -0.39 is 5.91 Å². The summed E-state index contributed by atoms with van der Waals surface area (Å²) in [4.78, 5) is 22.6. The lowest BCUT2D eigenvalue weighted by Crippen LogP contribution is -2.32. The van der Waals surface area contributed by atoms with E-state index in [2.05, 4.69) is 5.32 Å². The Balaban J connectivity index is 2.55. The van der Waals surface area contributed by atoms with E-state index in [0.29, 0.717) is 19.6 Å². The van der Waals surface area contributed by atoms with Gasteiger partial charge in [0.25, 0.3) is 0 Å². The summed E-state index contributed by atoms with van der Waals surface area (Å²) in [5, 5.41) is 2.97. The first-order valence-corrected chi connectivity index (χ1v) is 7.33. The molecule has 0 unspecified atom stereocenters. The summed E-state index contributed by atoms with van der Waals surface area (Å²) in [7, 11) is 0. The third kappa shape index (κ3) is 7.46. The number of hydrogen-bond acceptors (Lipinski definition) is 4. The summed E-state index contributed by atoms with van der Waals surface area (Å²) in [6, 6.07) is 9.72. The van der Waals surface area contributed by atoms with Gasteiger partial charge in [-0.1, -0.05) is 43.7 Å². The first kappa shape index (κ1) is 17.2. The van der Waals surface area contributed by atoms with Gasteiger partial charge in [-0.3, -0.25) is 9.59 Å². The van der Waals surface area contributed by atoms with Crippen LogP contribution in [0.25, 0.3) is 0 Å². The molecule has 1 aromatic carbocycles. The van der Waals surface area contributed by atoms with Crippen LogP contribution in [-0.4, -0.2) is 31.6 Å². The SMILES string of the molecule is CCCCOC(=O)C[C@@H](CNCC(N)=O)c1ccccc1. The third-order valence-electron chi connectivity index (χ3n) is 3.13. The van der Waals surface area contributed by atoms with E-state index in [4.69, 9.17) is 10.5 Å². The van der Waals surface area contributed by atoms with Gasteiger partial charge in [0.05, 0.1) is 19.6 Å². The molecule has 0 radical (unpaired) electrons. The topological polar surface area (TPSA) is 81.4 Å². The molecule has 0 aromatic heterocycles. The van der Waals surface area contributed by atoms with Crippen LogP contribution in [0.4, 0.5) is 0 Å². The minimum absolute atomic E-state index is 0.0281. The van der Waals surface area contributed by atoms with Crippen molar-refractivity contribution in [3.05, 3.63) is 35.9 Å². The molecule has 1 amide bonds. The summed E-state index contributed by atoms with van der Waals surface area (Å²) in [5.74, 6) is -0.648. The van der Waals surface area contributed by atoms with E-state index in [1.54, 1.807) is 0 Å². The second-order valence-electron chi connectivity index (χ2n) is 4.98.